The molecule has 1 heterocycles. The van der Waals surface area contributed by atoms with Gasteiger partial charge in [0.15, 0.2) is 23.9 Å². The standard InChI is InChI=1S/C15H18N2O7S/c1-10-6-11(24-17-10)9-23-15(18)8-16-25(19,20)12-4-5-13(21-2)14(7-12)22-3/h4-7,16H,8-9H2,1-3H3. The average molecular weight is 370 g/mol. The molecule has 0 saturated carbocycles. The number of hydrogen-bond donors (Lipinski definition) is 1. The zero-order valence-corrected chi connectivity index (χ0v) is 14.8. The van der Waals surface area contributed by atoms with Gasteiger partial charge in [0.2, 0.25) is 10.0 Å². The molecule has 2 aromatic rings. The molecule has 0 spiro atoms. The van der Waals surface area contributed by atoms with Crippen LogP contribution in [0.15, 0.2) is 33.7 Å². The van der Waals surface area contributed by atoms with Crippen molar-refractivity contribution < 1.29 is 31.9 Å². The van der Waals surface area contributed by atoms with Gasteiger partial charge in [0.05, 0.1) is 24.8 Å². The molecule has 0 aliphatic heterocycles. The number of hydrogen-bond acceptors (Lipinski definition) is 8. The van der Waals surface area contributed by atoms with Crippen molar-refractivity contribution in [3.8, 4) is 11.5 Å². The van der Waals surface area contributed by atoms with Crippen LogP contribution in [0.1, 0.15) is 11.5 Å². The van der Waals surface area contributed by atoms with Crippen LogP contribution in [0.3, 0.4) is 0 Å². The van der Waals surface area contributed by atoms with Crippen LogP contribution >= 0.6 is 0 Å². The number of aromatic nitrogens is 1. The number of methoxy groups -OCH3 is 2. The fourth-order valence-corrected chi connectivity index (χ4v) is 2.89. The molecule has 0 bridgehead atoms. The maximum Gasteiger partial charge on any atom is 0.321 e. The number of nitrogens with one attached hydrogen (secondary N) is 1. The zero-order chi connectivity index (χ0) is 18.4. The Hall–Kier alpha value is -2.59. The molecule has 10 heteroatoms. The Kier molecular flexibility index (Phi) is 5.99. The molecule has 0 radical (unpaired) electrons. The lowest BCUT2D eigenvalue weighted by Crippen LogP contribution is -2.30. The highest BCUT2D eigenvalue weighted by Crippen LogP contribution is 2.29. The van der Waals surface area contributed by atoms with Gasteiger partial charge < -0.3 is 18.7 Å². The summed E-state index contributed by atoms with van der Waals surface area (Å²) in [6.07, 6.45) is 0. The van der Waals surface area contributed by atoms with Gasteiger partial charge >= 0.3 is 5.97 Å². The minimum absolute atomic E-state index is 0.0659. The van der Waals surface area contributed by atoms with E-state index >= 15 is 0 Å². The van der Waals surface area contributed by atoms with Gasteiger partial charge in [-0.25, -0.2) is 8.42 Å². The number of benzene rings is 1. The third-order valence-corrected chi connectivity index (χ3v) is 4.52. The van der Waals surface area contributed by atoms with E-state index < -0.39 is 22.5 Å². The summed E-state index contributed by atoms with van der Waals surface area (Å²) in [5, 5.41) is 3.65. The van der Waals surface area contributed by atoms with E-state index in [1.807, 2.05) is 0 Å². The van der Waals surface area contributed by atoms with Crippen molar-refractivity contribution in [3.63, 3.8) is 0 Å². The van der Waals surface area contributed by atoms with Crippen LogP contribution < -0.4 is 14.2 Å². The number of carbonyl (C=O) groups is 1. The number of aryl methyl sites for hydroxylation is 1. The van der Waals surface area contributed by atoms with Gasteiger partial charge in [-0.1, -0.05) is 5.16 Å². The van der Waals surface area contributed by atoms with Crippen LogP contribution in [0.4, 0.5) is 0 Å². The van der Waals surface area contributed by atoms with Gasteiger partial charge in [-0.2, -0.15) is 4.72 Å². The van der Waals surface area contributed by atoms with Crippen molar-refractivity contribution in [2.75, 3.05) is 20.8 Å². The molecule has 1 aromatic heterocycles. The molecule has 9 nitrogen and oxygen atoms in total. The molecular weight excluding hydrogens is 352 g/mol. The van der Waals surface area contributed by atoms with Crippen molar-refractivity contribution >= 4 is 16.0 Å². The van der Waals surface area contributed by atoms with E-state index in [-0.39, 0.29) is 17.3 Å². The molecule has 0 aliphatic rings. The number of carbonyl (C=O) groups excluding carboxylic acids is 1. The van der Waals surface area contributed by atoms with Gasteiger partial charge in [0, 0.05) is 12.1 Å². The molecular formula is C15H18N2O7S. The van der Waals surface area contributed by atoms with Crippen molar-refractivity contribution in [3.05, 3.63) is 35.7 Å². The summed E-state index contributed by atoms with van der Waals surface area (Å²) in [4.78, 5) is 11.6. The third kappa shape index (κ3) is 4.94. The van der Waals surface area contributed by atoms with Crippen LogP contribution in [0, 0.1) is 6.92 Å². The molecule has 0 saturated heterocycles. The van der Waals surface area contributed by atoms with Crippen LogP contribution in [-0.4, -0.2) is 40.3 Å². The molecule has 0 aliphatic carbocycles. The second-order valence-corrected chi connectivity index (χ2v) is 6.70. The molecule has 0 fully saturated rings. The summed E-state index contributed by atoms with van der Waals surface area (Å²) in [7, 11) is -1.08. The van der Waals surface area contributed by atoms with Crippen LogP contribution in [0.5, 0.6) is 11.5 Å². The predicted molar refractivity (Wildman–Crippen MR) is 85.8 cm³/mol. The minimum Gasteiger partial charge on any atom is -0.493 e. The monoisotopic (exact) mass is 370 g/mol. The number of esters is 1. The molecule has 0 unspecified atom stereocenters. The van der Waals surface area contributed by atoms with Gasteiger partial charge in [0.1, 0.15) is 6.54 Å². The Bertz CT molecular complexity index is 845. The third-order valence-electron chi connectivity index (χ3n) is 3.12. The first-order valence-electron chi connectivity index (χ1n) is 7.15. The lowest BCUT2D eigenvalue weighted by Gasteiger charge is -2.10. The van der Waals surface area contributed by atoms with Gasteiger partial charge in [-0.05, 0) is 19.1 Å². The van der Waals surface area contributed by atoms with Crippen LogP contribution in [0.25, 0.3) is 0 Å². The molecule has 0 amide bonds. The summed E-state index contributed by atoms with van der Waals surface area (Å²) >= 11 is 0. The summed E-state index contributed by atoms with van der Waals surface area (Å²) in [5.74, 6) is 0.267. The van der Waals surface area contributed by atoms with E-state index in [0.29, 0.717) is 17.2 Å². The maximum absolute atomic E-state index is 12.2. The van der Waals surface area contributed by atoms with E-state index in [1.54, 1.807) is 13.0 Å². The highest BCUT2D eigenvalue weighted by molar-refractivity contribution is 7.89. The lowest BCUT2D eigenvalue weighted by molar-refractivity contribution is -0.144. The summed E-state index contributed by atoms with van der Waals surface area (Å²) in [6.45, 7) is 1.08. The number of nitrogens with zero attached hydrogens (tertiary/aromatic N) is 1. The second-order valence-electron chi connectivity index (χ2n) is 4.94. The summed E-state index contributed by atoms with van der Waals surface area (Å²) in [6, 6.07) is 5.70. The van der Waals surface area contributed by atoms with Crippen molar-refractivity contribution in [2.24, 2.45) is 0 Å². The average Bonchev–Trinajstić information content (AvgIpc) is 3.02. The molecule has 0 atom stereocenters. The Balaban J connectivity index is 1.95. The molecule has 2 rings (SSSR count). The highest BCUT2D eigenvalue weighted by atomic mass is 32.2. The quantitative estimate of drug-likeness (QED) is 0.685. The van der Waals surface area contributed by atoms with Gasteiger partial charge in [-0.15, -0.1) is 0 Å². The first kappa shape index (κ1) is 18.7. The fourth-order valence-electron chi connectivity index (χ4n) is 1.91. The van der Waals surface area contributed by atoms with E-state index in [9.17, 15) is 13.2 Å². The first-order valence-corrected chi connectivity index (χ1v) is 8.63. The number of rotatable bonds is 8. The second kappa shape index (κ2) is 7.99. The summed E-state index contributed by atoms with van der Waals surface area (Å²) < 4.78 is 46.5. The fraction of sp³-hybridized carbons (Fsp3) is 0.333. The van der Waals surface area contributed by atoms with Gasteiger partial charge in [-0.3, -0.25) is 4.79 Å². The molecule has 1 aromatic carbocycles. The van der Waals surface area contributed by atoms with Gasteiger partial charge in [0.25, 0.3) is 0 Å². The van der Waals surface area contributed by atoms with E-state index in [2.05, 4.69) is 9.88 Å². The Morgan fingerprint density at radius 3 is 2.52 bits per heavy atom. The normalized spacial score (nSPS) is 11.2. The Morgan fingerprint density at radius 2 is 1.92 bits per heavy atom. The summed E-state index contributed by atoms with van der Waals surface area (Å²) in [5.41, 5.74) is 0.653. The van der Waals surface area contributed by atoms with E-state index in [4.69, 9.17) is 18.7 Å². The smallest absolute Gasteiger partial charge is 0.321 e. The topological polar surface area (TPSA) is 117 Å². The maximum atomic E-state index is 12.2. The van der Waals surface area contributed by atoms with Crippen LogP contribution in [-0.2, 0) is 26.2 Å². The van der Waals surface area contributed by atoms with E-state index in [0.717, 1.165) is 0 Å². The number of ether oxygens (including phenoxy) is 3. The van der Waals surface area contributed by atoms with E-state index in [1.165, 1.54) is 32.4 Å². The minimum atomic E-state index is -3.91. The van der Waals surface area contributed by atoms with Crippen molar-refractivity contribution in [2.45, 2.75) is 18.4 Å². The first-order chi connectivity index (χ1) is 11.9. The SMILES string of the molecule is COc1ccc(S(=O)(=O)NCC(=O)OCc2cc(C)no2)cc1OC. The molecule has 136 valence electrons. The van der Waals surface area contributed by atoms with Crippen molar-refractivity contribution in [1.29, 1.82) is 0 Å². The lowest BCUT2D eigenvalue weighted by atomic mass is 10.3. The highest BCUT2D eigenvalue weighted by Gasteiger charge is 2.18. The Morgan fingerprint density at radius 1 is 1.20 bits per heavy atom. The van der Waals surface area contributed by atoms with Crippen molar-refractivity contribution in [1.82, 2.24) is 9.88 Å². The molecule has 25 heavy (non-hydrogen) atoms. The largest absolute Gasteiger partial charge is 0.493 e. The zero-order valence-electron chi connectivity index (χ0n) is 13.9. The predicted octanol–water partition coefficient (Wildman–Crippen LogP) is 1.02. The molecule has 1 N–H and O–H groups in total. The number of sulfonamides is 1. The Labute approximate surface area is 144 Å². The van der Waals surface area contributed by atoms with Crippen LogP contribution in [0.2, 0.25) is 0 Å².